The number of halogens is 2. The molecule has 0 fully saturated rings. The first-order chi connectivity index (χ1) is 8.04. The number of hydrogen-bond acceptors (Lipinski definition) is 3. The normalized spacial score (nSPS) is 10.6. The highest BCUT2D eigenvalue weighted by atomic mass is 79.9. The zero-order valence-corrected chi connectivity index (χ0v) is 11.7. The van der Waals surface area contributed by atoms with Crippen LogP contribution in [-0.4, -0.2) is 16.7 Å². The lowest BCUT2D eigenvalue weighted by atomic mass is 10.1. The fourth-order valence-electron chi connectivity index (χ4n) is 1.53. The Bertz CT molecular complexity index is 568. The zero-order chi connectivity index (χ0) is 12.6. The van der Waals surface area contributed by atoms with E-state index in [9.17, 15) is 0 Å². The predicted octanol–water partition coefficient (Wildman–Crippen LogP) is 3.09. The SMILES string of the molecule is COc1ccc(Br)cc1-c1nc(N)n(C)c1Cl. The third-order valence-corrected chi connectivity index (χ3v) is 3.40. The summed E-state index contributed by atoms with van der Waals surface area (Å²) in [5.41, 5.74) is 7.14. The molecule has 0 aliphatic carbocycles. The minimum absolute atomic E-state index is 0.368. The van der Waals surface area contributed by atoms with Crippen molar-refractivity contribution in [3.05, 3.63) is 27.8 Å². The Kier molecular flexibility index (Phi) is 3.31. The molecule has 0 radical (unpaired) electrons. The van der Waals surface area contributed by atoms with E-state index in [2.05, 4.69) is 20.9 Å². The van der Waals surface area contributed by atoms with Crippen molar-refractivity contribution in [3.8, 4) is 17.0 Å². The molecule has 0 aliphatic rings. The molecule has 0 spiro atoms. The molecule has 90 valence electrons. The molecule has 0 saturated carbocycles. The summed E-state index contributed by atoms with van der Waals surface area (Å²) in [7, 11) is 3.37. The van der Waals surface area contributed by atoms with Gasteiger partial charge in [0, 0.05) is 17.1 Å². The van der Waals surface area contributed by atoms with Gasteiger partial charge in [-0.1, -0.05) is 27.5 Å². The number of rotatable bonds is 2. The maximum absolute atomic E-state index is 6.18. The molecule has 0 atom stereocenters. The average Bonchev–Trinajstić information content (AvgIpc) is 2.57. The van der Waals surface area contributed by atoms with E-state index in [1.54, 1.807) is 18.7 Å². The Morgan fingerprint density at radius 1 is 1.47 bits per heavy atom. The Morgan fingerprint density at radius 2 is 2.18 bits per heavy atom. The highest BCUT2D eigenvalue weighted by molar-refractivity contribution is 9.10. The highest BCUT2D eigenvalue weighted by Crippen LogP contribution is 2.36. The lowest BCUT2D eigenvalue weighted by Crippen LogP contribution is -1.96. The van der Waals surface area contributed by atoms with Gasteiger partial charge in [0.1, 0.15) is 16.6 Å². The molecular formula is C11H11BrClN3O. The van der Waals surface area contributed by atoms with Gasteiger partial charge in [-0.05, 0) is 18.2 Å². The van der Waals surface area contributed by atoms with Gasteiger partial charge in [-0.2, -0.15) is 0 Å². The van der Waals surface area contributed by atoms with Gasteiger partial charge in [-0.15, -0.1) is 0 Å². The van der Waals surface area contributed by atoms with E-state index in [0.717, 1.165) is 10.0 Å². The van der Waals surface area contributed by atoms with Crippen molar-refractivity contribution in [2.45, 2.75) is 0 Å². The number of imidazole rings is 1. The summed E-state index contributed by atoms with van der Waals surface area (Å²) in [4.78, 5) is 4.24. The summed E-state index contributed by atoms with van der Waals surface area (Å²) < 4.78 is 7.84. The molecule has 0 amide bonds. The van der Waals surface area contributed by atoms with E-state index in [-0.39, 0.29) is 0 Å². The van der Waals surface area contributed by atoms with Crippen molar-refractivity contribution < 1.29 is 4.74 Å². The molecule has 1 heterocycles. The van der Waals surface area contributed by atoms with Crippen LogP contribution in [0.5, 0.6) is 5.75 Å². The van der Waals surface area contributed by atoms with Gasteiger partial charge >= 0.3 is 0 Å². The molecule has 17 heavy (non-hydrogen) atoms. The van der Waals surface area contributed by atoms with E-state index in [0.29, 0.717) is 22.5 Å². The van der Waals surface area contributed by atoms with Crippen LogP contribution < -0.4 is 10.5 Å². The number of hydrogen-bond donors (Lipinski definition) is 1. The number of nitrogens with zero attached hydrogens (tertiary/aromatic N) is 2. The maximum atomic E-state index is 6.18. The predicted molar refractivity (Wildman–Crippen MR) is 72.3 cm³/mol. The second-order valence-electron chi connectivity index (χ2n) is 3.51. The number of methoxy groups -OCH3 is 1. The molecule has 0 unspecified atom stereocenters. The van der Waals surface area contributed by atoms with Crippen molar-refractivity contribution >= 4 is 33.5 Å². The van der Waals surface area contributed by atoms with Gasteiger partial charge in [-0.3, -0.25) is 0 Å². The summed E-state index contributed by atoms with van der Waals surface area (Å²) >= 11 is 9.59. The summed E-state index contributed by atoms with van der Waals surface area (Å²) in [5, 5.41) is 0.485. The van der Waals surface area contributed by atoms with Crippen LogP contribution in [0.15, 0.2) is 22.7 Å². The van der Waals surface area contributed by atoms with Crippen molar-refractivity contribution in [2.75, 3.05) is 12.8 Å². The van der Waals surface area contributed by atoms with Crippen LogP contribution in [0.2, 0.25) is 5.15 Å². The number of aromatic nitrogens is 2. The number of nitrogens with two attached hydrogens (primary N) is 1. The molecule has 4 nitrogen and oxygen atoms in total. The van der Waals surface area contributed by atoms with E-state index in [4.69, 9.17) is 22.1 Å². The largest absolute Gasteiger partial charge is 0.496 e. The first-order valence-corrected chi connectivity index (χ1v) is 6.03. The number of ether oxygens (including phenoxy) is 1. The molecule has 1 aromatic carbocycles. The smallest absolute Gasteiger partial charge is 0.201 e. The van der Waals surface area contributed by atoms with E-state index < -0.39 is 0 Å². The number of nitrogen functional groups attached to an aromatic ring is 1. The van der Waals surface area contributed by atoms with Crippen molar-refractivity contribution in [2.24, 2.45) is 7.05 Å². The van der Waals surface area contributed by atoms with Gasteiger partial charge in [-0.25, -0.2) is 4.98 Å². The minimum Gasteiger partial charge on any atom is -0.496 e. The molecule has 0 bridgehead atoms. The third kappa shape index (κ3) is 2.12. The third-order valence-electron chi connectivity index (χ3n) is 2.48. The van der Waals surface area contributed by atoms with Crippen LogP contribution in [0.4, 0.5) is 5.95 Å². The first kappa shape index (κ1) is 12.3. The number of anilines is 1. The Hall–Kier alpha value is -1.20. The summed E-state index contributed by atoms with van der Waals surface area (Å²) in [6, 6.07) is 5.63. The van der Waals surface area contributed by atoms with Crippen LogP contribution in [-0.2, 0) is 7.05 Å². The van der Waals surface area contributed by atoms with Gasteiger partial charge in [0.15, 0.2) is 0 Å². The quantitative estimate of drug-likeness (QED) is 0.926. The maximum Gasteiger partial charge on any atom is 0.201 e. The molecule has 2 N–H and O–H groups in total. The lowest BCUT2D eigenvalue weighted by Gasteiger charge is -2.07. The van der Waals surface area contributed by atoms with E-state index in [1.165, 1.54) is 0 Å². The van der Waals surface area contributed by atoms with Crippen molar-refractivity contribution in [1.29, 1.82) is 0 Å². The van der Waals surface area contributed by atoms with Gasteiger partial charge in [0.05, 0.1) is 7.11 Å². The minimum atomic E-state index is 0.368. The van der Waals surface area contributed by atoms with Crippen LogP contribution in [0, 0.1) is 0 Å². The van der Waals surface area contributed by atoms with Crippen LogP contribution in [0.1, 0.15) is 0 Å². The second kappa shape index (κ2) is 4.58. The topological polar surface area (TPSA) is 53.1 Å². The summed E-state index contributed by atoms with van der Waals surface area (Å²) in [5.74, 6) is 1.07. The Morgan fingerprint density at radius 3 is 2.71 bits per heavy atom. The summed E-state index contributed by atoms with van der Waals surface area (Å²) in [6.07, 6.45) is 0. The van der Waals surface area contributed by atoms with Crippen LogP contribution >= 0.6 is 27.5 Å². The molecule has 1 aromatic heterocycles. The van der Waals surface area contributed by atoms with Gasteiger partial charge < -0.3 is 15.0 Å². The van der Waals surface area contributed by atoms with Gasteiger partial charge in [0.2, 0.25) is 5.95 Å². The fourth-order valence-corrected chi connectivity index (χ4v) is 2.12. The summed E-state index contributed by atoms with van der Waals surface area (Å²) in [6.45, 7) is 0. The fraction of sp³-hybridized carbons (Fsp3) is 0.182. The van der Waals surface area contributed by atoms with Crippen molar-refractivity contribution in [1.82, 2.24) is 9.55 Å². The zero-order valence-electron chi connectivity index (χ0n) is 9.37. The van der Waals surface area contributed by atoms with E-state index in [1.807, 2.05) is 18.2 Å². The van der Waals surface area contributed by atoms with Crippen LogP contribution in [0.25, 0.3) is 11.3 Å². The molecular weight excluding hydrogens is 305 g/mol. The highest BCUT2D eigenvalue weighted by Gasteiger charge is 2.16. The molecule has 0 aliphatic heterocycles. The average molecular weight is 317 g/mol. The van der Waals surface area contributed by atoms with Crippen LogP contribution in [0.3, 0.4) is 0 Å². The van der Waals surface area contributed by atoms with Gasteiger partial charge in [0.25, 0.3) is 0 Å². The van der Waals surface area contributed by atoms with Crippen molar-refractivity contribution in [3.63, 3.8) is 0 Å². The molecule has 2 rings (SSSR count). The monoisotopic (exact) mass is 315 g/mol. The number of benzene rings is 1. The van der Waals surface area contributed by atoms with E-state index >= 15 is 0 Å². The lowest BCUT2D eigenvalue weighted by molar-refractivity contribution is 0.416. The standard InChI is InChI=1S/C11H11BrClN3O/c1-16-10(13)9(15-11(16)14)7-5-6(12)3-4-8(7)17-2/h3-5H,1-2H3,(H2,14,15). The molecule has 2 aromatic rings. The molecule has 0 saturated heterocycles. The first-order valence-electron chi connectivity index (χ1n) is 4.86. The Labute approximate surface area is 112 Å². The second-order valence-corrected chi connectivity index (χ2v) is 4.79. The Balaban J connectivity index is 2.67. The molecule has 6 heteroatoms.